The summed E-state index contributed by atoms with van der Waals surface area (Å²) in [6, 6.07) is 9.74. The SMILES string of the molecule is COOCCC1CCC2(O1)OC1(OC(=O)c3c(O)cc4c(c31)C(=O)c1c(O)cccc1C4=O)c1c(O)cccc12. The Balaban J connectivity index is 1.46. The van der Waals surface area contributed by atoms with Crippen molar-refractivity contribution in [2.45, 2.75) is 36.9 Å². The summed E-state index contributed by atoms with van der Waals surface area (Å²) in [5.41, 5.74) is -0.980. The Kier molecular flexibility index (Phi) is 5.17. The standard InChI is InChI=1S/C29H22O11/c1-36-37-11-9-13-8-10-28(38-13)16-5-3-7-18(31)23(16)29(40-28)24-21-15(12-19(32)22(24)27(35)39-29)25(33)14-4-2-6-17(30)20(14)26(21)34/h2-7,12-13,30-32H,8-11H2,1H3. The van der Waals surface area contributed by atoms with Crippen LogP contribution in [-0.2, 0) is 35.6 Å². The molecule has 3 aromatic carbocycles. The van der Waals surface area contributed by atoms with Crippen molar-refractivity contribution in [2.24, 2.45) is 0 Å². The minimum Gasteiger partial charge on any atom is -0.507 e. The Morgan fingerprint density at radius 2 is 1.68 bits per heavy atom. The highest BCUT2D eigenvalue weighted by atomic mass is 17.2. The average molecular weight is 546 g/mol. The molecular formula is C29H22O11. The molecule has 40 heavy (non-hydrogen) atoms. The van der Waals surface area contributed by atoms with Crippen LogP contribution in [0.2, 0.25) is 0 Å². The molecule has 3 aromatic rings. The molecule has 1 saturated heterocycles. The maximum atomic E-state index is 14.0. The fourth-order valence-corrected chi connectivity index (χ4v) is 6.36. The first-order valence-corrected chi connectivity index (χ1v) is 12.6. The number of phenolic OH excluding ortho intramolecular Hbond substituents is 3. The molecule has 1 fully saturated rings. The van der Waals surface area contributed by atoms with Gasteiger partial charge in [-0.25, -0.2) is 14.6 Å². The van der Waals surface area contributed by atoms with Crippen LogP contribution in [0.1, 0.15) is 78.2 Å². The number of ether oxygens (including phenoxy) is 3. The quantitative estimate of drug-likeness (QED) is 0.149. The van der Waals surface area contributed by atoms with E-state index in [2.05, 4.69) is 4.89 Å². The van der Waals surface area contributed by atoms with Crippen molar-refractivity contribution in [2.75, 3.05) is 13.7 Å². The highest BCUT2D eigenvalue weighted by Crippen LogP contribution is 2.63. The number of carbonyl (C=O) groups is 3. The van der Waals surface area contributed by atoms with Crippen LogP contribution in [0.15, 0.2) is 42.5 Å². The first kappa shape index (κ1) is 24.7. The van der Waals surface area contributed by atoms with Crippen molar-refractivity contribution in [3.8, 4) is 17.2 Å². The van der Waals surface area contributed by atoms with Crippen LogP contribution in [0.25, 0.3) is 0 Å². The third-order valence-corrected chi connectivity index (χ3v) is 7.95. The lowest BCUT2D eigenvalue weighted by atomic mass is 9.77. The van der Waals surface area contributed by atoms with E-state index >= 15 is 0 Å². The average Bonchev–Trinajstić information content (AvgIpc) is 3.55. The van der Waals surface area contributed by atoms with Gasteiger partial charge in [0.05, 0.1) is 36.5 Å². The Hall–Kier alpha value is -4.29. The lowest BCUT2D eigenvalue weighted by molar-refractivity contribution is -0.318. The van der Waals surface area contributed by atoms with E-state index in [0.29, 0.717) is 24.8 Å². The number of hydrogen-bond acceptors (Lipinski definition) is 11. The second kappa shape index (κ2) is 8.35. The number of phenols is 3. The number of benzene rings is 3. The van der Waals surface area contributed by atoms with Crippen molar-refractivity contribution in [1.82, 2.24) is 0 Å². The van der Waals surface area contributed by atoms with E-state index in [1.54, 1.807) is 12.1 Å². The van der Waals surface area contributed by atoms with Gasteiger partial charge in [-0.2, -0.15) is 0 Å². The number of esters is 1. The summed E-state index contributed by atoms with van der Waals surface area (Å²) in [5.74, 6) is -7.47. The van der Waals surface area contributed by atoms with E-state index < -0.39 is 40.6 Å². The molecule has 3 aliphatic heterocycles. The van der Waals surface area contributed by atoms with Crippen molar-refractivity contribution in [3.63, 3.8) is 0 Å². The van der Waals surface area contributed by atoms with Gasteiger partial charge in [-0.3, -0.25) is 14.3 Å². The third-order valence-electron chi connectivity index (χ3n) is 7.95. The van der Waals surface area contributed by atoms with Crippen LogP contribution in [0.3, 0.4) is 0 Å². The molecule has 3 unspecified atom stereocenters. The summed E-state index contributed by atoms with van der Waals surface area (Å²) in [6.45, 7) is 0.244. The molecular weight excluding hydrogens is 524 g/mol. The largest absolute Gasteiger partial charge is 0.507 e. The normalized spacial score (nSPS) is 25.7. The van der Waals surface area contributed by atoms with Gasteiger partial charge in [-0.15, -0.1) is 0 Å². The molecule has 11 heteroatoms. The summed E-state index contributed by atoms with van der Waals surface area (Å²) in [5, 5.41) is 32.6. The zero-order valence-corrected chi connectivity index (χ0v) is 21.1. The molecule has 4 aliphatic rings. The van der Waals surface area contributed by atoms with Crippen molar-refractivity contribution in [3.05, 3.63) is 87.0 Å². The molecule has 0 saturated carbocycles. The number of carbonyl (C=O) groups excluding carboxylic acids is 3. The van der Waals surface area contributed by atoms with E-state index in [9.17, 15) is 29.7 Å². The Morgan fingerprint density at radius 3 is 2.48 bits per heavy atom. The maximum absolute atomic E-state index is 14.0. The fraction of sp³-hybridized carbons (Fsp3) is 0.276. The molecule has 2 spiro atoms. The van der Waals surface area contributed by atoms with Crippen LogP contribution < -0.4 is 0 Å². The van der Waals surface area contributed by atoms with Gasteiger partial charge in [-0.1, -0.05) is 24.3 Å². The highest BCUT2D eigenvalue weighted by Gasteiger charge is 2.66. The number of ketones is 2. The summed E-state index contributed by atoms with van der Waals surface area (Å²) >= 11 is 0. The Bertz CT molecular complexity index is 1660. The summed E-state index contributed by atoms with van der Waals surface area (Å²) in [6.07, 6.45) is 0.931. The highest BCUT2D eigenvalue weighted by molar-refractivity contribution is 6.31. The minimum atomic E-state index is -2.23. The molecule has 3 heterocycles. The zero-order valence-electron chi connectivity index (χ0n) is 21.1. The van der Waals surface area contributed by atoms with Gasteiger partial charge in [-0.05, 0) is 24.6 Å². The lowest BCUT2D eigenvalue weighted by Crippen LogP contribution is -2.36. The van der Waals surface area contributed by atoms with Crippen LogP contribution in [-0.4, -0.2) is 52.7 Å². The number of aromatic hydroxyl groups is 3. The molecule has 0 bridgehead atoms. The van der Waals surface area contributed by atoms with Gasteiger partial charge >= 0.3 is 5.97 Å². The van der Waals surface area contributed by atoms with Crippen molar-refractivity contribution < 1.29 is 53.7 Å². The predicted molar refractivity (Wildman–Crippen MR) is 132 cm³/mol. The fourth-order valence-electron chi connectivity index (χ4n) is 6.36. The first-order valence-electron chi connectivity index (χ1n) is 12.6. The van der Waals surface area contributed by atoms with Gasteiger partial charge in [0.25, 0.3) is 5.79 Å². The van der Waals surface area contributed by atoms with Crippen LogP contribution in [0.4, 0.5) is 0 Å². The number of fused-ring (bicyclic) bond motifs is 8. The van der Waals surface area contributed by atoms with Gasteiger partial charge in [0, 0.05) is 35.1 Å². The zero-order chi connectivity index (χ0) is 28.0. The van der Waals surface area contributed by atoms with E-state index in [1.807, 2.05) is 0 Å². The molecule has 0 amide bonds. The lowest BCUT2D eigenvalue weighted by Gasteiger charge is -2.31. The summed E-state index contributed by atoms with van der Waals surface area (Å²) in [4.78, 5) is 50.5. The Morgan fingerprint density at radius 1 is 0.900 bits per heavy atom. The monoisotopic (exact) mass is 546 g/mol. The molecule has 0 radical (unpaired) electrons. The van der Waals surface area contributed by atoms with Crippen LogP contribution >= 0.6 is 0 Å². The van der Waals surface area contributed by atoms with Crippen LogP contribution in [0.5, 0.6) is 17.2 Å². The first-order chi connectivity index (χ1) is 19.2. The molecule has 1 aliphatic carbocycles. The molecule has 0 aromatic heterocycles. The molecule has 3 atom stereocenters. The van der Waals surface area contributed by atoms with Crippen molar-refractivity contribution >= 4 is 17.5 Å². The number of rotatable bonds is 4. The summed E-state index contributed by atoms with van der Waals surface area (Å²) in [7, 11) is 1.39. The molecule has 204 valence electrons. The third kappa shape index (κ3) is 3.05. The number of hydrogen-bond donors (Lipinski definition) is 3. The van der Waals surface area contributed by atoms with Gasteiger partial charge in [0.15, 0.2) is 11.6 Å². The van der Waals surface area contributed by atoms with Crippen molar-refractivity contribution in [1.29, 1.82) is 0 Å². The molecule has 7 rings (SSSR count). The molecule has 11 nitrogen and oxygen atoms in total. The topological polar surface area (TPSA) is 158 Å². The van der Waals surface area contributed by atoms with E-state index in [4.69, 9.17) is 19.1 Å². The minimum absolute atomic E-state index is 0.0204. The van der Waals surface area contributed by atoms with E-state index in [-0.39, 0.29) is 57.4 Å². The smallest absolute Gasteiger partial charge is 0.345 e. The predicted octanol–water partition coefficient (Wildman–Crippen LogP) is 3.28. The van der Waals surface area contributed by atoms with E-state index in [0.717, 1.165) is 6.07 Å². The second-order valence-corrected chi connectivity index (χ2v) is 10.0. The van der Waals surface area contributed by atoms with Crippen LogP contribution in [0, 0.1) is 0 Å². The Labute approximate surface area is 226 Å². The van der Waals surface area contributed by atoms with Gasteiger partial charge in [0.1, 0.15) is 22.8 Å². The van der Waals surface area contributed by atoms with Gasteiger partial charge in [0.2, 0.25) is 5.79 Å². The summed E-state index contributed by atoms with van der Waals surface area (Å²) < 4.78 is 18.7. The maximum Gasteiger partial charge on any atom is 0.345 e. The van der Waals surface area contributed by atoms with E-state index in [1.165, 1.54) is 31.4 Å². The second-order valence-electron chi connectivity index (χ2n) is 10.0. The van der Waals surface area contributed by atoms with Gasteiger partial charge < -0.3 is 24.8 Å². The molecule has 3 N–H and O–H groups in total.